The third kappa shape index (κ3) is 5.01. The van der Waals surface area contributed by atoms with E-state index in [0.29, 0.717) is 13.0 Å². The van der Waals surface area contributed by atoms with Crippen molar-refractivity contribution in [3.05, 3.63) is 101 Å². The first-order valence-electron chi connectivity index (χ1n) is 13.1. The Hall–Kier alpha value is -3.57. The molecule has 2 heterocycles. The average Bonchev–Trinajstić information content (AvgIpc) is 3.41. The third-order valence-electron chi connectivity index (χ3n) is 7.70. The van der Waals surface area contributed by atoms with E-state index in [4.69, 9.17) is 4.74 Å². The molecule has 0 aliphatic carbocycles. The molecule has 5 rings (SSSR count). The number of benzene rings is 3. The number of amides is 1. The maximum Gasteiger partial charge on any atom is 0.241 e. The number of H-pyrrole nitrogens is 1. The van der Waals surface area contributed by atoms with Crippen LogP contribution in [0.2, 0.25) is 0 Å². The van der Waals surface area contributed by atoms with E-state index < -0.39 is 0 Å². The number of carbonyl (C=O) groups is 1. The van der Waals surface area contributed by atoms with Gasteiger partial charge < -0.3 is 14.6 Å². The van der Waals surface area contributed by atoms with Gasteiger partial charge in [0.05, 0.1) is 13.2 Å². The van der Waals surface area contributed by atoms with Crippen molar-refractivity contribution in [3.8, 4) is 5.75 Å². The van der Waals surface area contributed by atoms with Gasteiger partial charge in [-0.1, -0.05) is 75.4 Å². The summed E-state index contributed by atoms with van der Waals surface area (Å²) in [6, 6.07) is 25.0. The van der Waals surface area contributed by atoms with E-state index in [2.05, 4.69) is 103 Å². The van der Waals surface area contributed by atoms with Crippen molar-refractivity contribution in [1.82, 2.24) is 14.8 Å². The lowest BCUT2D eigenvalue weighted by Gasteiger charge is -2.30. The number of likely N-dealkylation sites (N-methyl/N-ethyl adjacent to an activating group) is 1. The second-order valence-electron chi connectivity index (χ2n) is 11.1. The van der Waals surface area contributed by atoms with Crippen LogP contribution in [0.25, 0.3) is 10.9 Å². The highest BCUT2D eigenvalue weighted by Crippen LogP contribution is 2.36. The van der Waals surface area contributed by atoms with Crippen LogP contribution in [0.5, 0.6) is 5.75 Å². The van der Waals surface area contributed by atoms with Gasteiger partial charge >= 0.3 is 0 Å². The fourth-order valence-corrected chi connectivity index (χ4v) is 5.46. The van der Waals surface area contributed by atoms with Crippen LogP contribution in [0, 0.1) is 0 Å². The second-order valence-corrected chi connectivity index (χ2v) is 11.1. The van der Waals surface area contributed by atoms with Gasteiger partial charge in [0, 0.05) is 23.6 Å². The van der Waals surface area contributed by atoms with Crippen molar-refractivity contribution in [2.75, 3.05) is 20.7 Å². The summed E-state index contributed by atoms with van der Waals surface area (Å²) in [6.07, 6.45) is 3.42. The Labute approximate surface area is 220 Å². The van der Waals surface area contributed by atoms with E-state index in [1.807, 2.05) is 18.2 Å². The van der Waals surface area contributed by atoms with Crippen LogP contribution in [0.1, 0.15) is 49.2 Å². The van der Waals surface area contributed by atoms with Crippen molar-refractivity contribution >= 4 is 16.8 Å². The molecule has 5 nitrogen and oxygen atoms in total. The fraction of sp³-hybridized carbons (Fsp3) is 0.344. The van der Waals surface area contributed by atoms with Gasteiger partial charge in [-0.3, -0.25) is 9.69 Å². The predicted octanol–water partition coefficient (Wildman–Crippen LogP) is 6.10. The molecule has 0 bridgehead atoms. The molecule has 2 atom stereocenters. The Balaban J connectivity index is 1.44. The Kier molecular flexibility index (Phi) is 6.82. The standard InChI is InChI=1S/C32H37N3O2/c1-32(2,3)25-14-12-23(13-15-25)30-34(4)29(20-24-21-33-28-9-7-6-8-27(24)28)31(36)35(30)19-18-22-10-16-26(37-5)17-11-22/h6-17,21,29-30,33H,18-20H2,1-5H3/t29-,30+/m0/s1. The van der Waals surface area contributed by atoms with Gasteiger partial charge in [0.15, 0.2) is 0 Å². The highest BCUT2D eigenvalue weighted by Gasteiger charge is 2.44. The van der Waals surface area contributed by atoms with Gasteiger partial charge in [-0.05, 0) is 65.8 Å². The number of carbonyl (C=O) groups excluding carboxylic acids is 1. The van der Waals surface area contributed by atoms with Gasteiger partial charge in [0.2, 0.25) is 5.91 Å². The van der Waals surface area contributed by atoms with Crippen LogP contribution < -0.4 is 4.74 Å². The minimum Gasteiger partial charge on any atom is -0.497 e. The molecular formula is C32H37N3O2. The summed E-state index contributed by atoms with van der Waals surface area (Å²) in [5, 5.41) is 1.19. The van der Waals surface area contributed by atoms with Gasteiger partial charge in [0.1, 0.15) is 11.9 Å². The molecule has 1 aliphatic rings. The molecule has 3 aromatic carbocycles. The zero-order valence-electron chi connectivity index (χ0n) is 22.5. The number of nitrogens with one attached hydrogen (secondary N) is 1. The monoisotopic (exact) mass is 495 g/mol. The first-order chi connectivity index (χ1) is 17.8. The Morgan fingerprint density at radius 1 is 0.946 bits per heavy atom. The van der Waals surface area contributed by atoms with Crippen molar-refractivity contribution in [3.63, 3.8) is 0 Å². The van der Waals surface area contributed by atoms with Crippen LogP contribution in [0.4, 0.5) is 0 Å². The smallest absolute Gasteiger partial charge is 0.241 e. The summed E-state index contributed by atoms with van der Waals surface area (Å²) in [5.41, 5.74) is 6.01. The molecular weight excluding hydrogens is 458 g/mol. The van der Waals surface area contributed by atoms with E-state index in [1.54, 1.807) is 7.11 Å². The molecule has 1 aromatic heterocycles. The minimum atomic E-state index is -0.220. The van der Waals surface area contributed by atoms with Crippen LogP contribution in [-0.4, -0.2) is 47.4 Å². The summed E-state index contributed by atoms with van der Waals surface area (Å²) in [4.78, 5) is 21.7. The summed E-state index contributed by atoms with van der Waals surface area (Å²) < 4.78 is 5.31. The zero-order chi connectivity index (χ0) is 26.2. The topological polar surface area (TPSA) is 48.6 Å². The maximum absolute atomic E-state index is 14.0. The number of aromatic amines is 1. The number of aromatic nitrogens is 1. The first kappa shape index (κ1) is 25.1. The molecule has 1 fully saturated rings. The Bertz CT molecular complexity index is 1370. The predicted molar refractivity (Wildman–Crippen MR) is 150 cm³/mol. The quantitative estimate of drug-likeness (QED) is 0.337. The lowest BCUT2D eigenvalue weighted by Crippen LogP contribution is -2.33. The van der Waals surface area contributed by atoms with E-state index >= 15 is 0 Å². The normalized spacial score (nSPS) is 18.6. The van der Waals surface area contributed by atoms with Crippen molar-refractivity contribution in [2.24, 2.45) is 0 Å². The Morgan fingerprint density at radius 3 is 2.32 bits per heavy atom. The summed E-state index contributed by atoms with van der Waals surface area (Å²) >= 11 is 0. The zero-order valence-corrected chi connectivity index (χ0v) is 22.5. The number of nitrogens with zero attached hydrogens (tertiary/aromatic N) is 2. The molecule has 5 heteroatoms. The third-order valence-corrected chi connectivity index (χ3v) is 7.70. The van der Waals surface area contributed by atoms with E-state index in [-0.39, 0.29) is 23.5 Å². The number of hydrogen-bond donors (Lipinski definition) is 1. The molecule has 4 aromatic rings. The minimum absolute atomic E-state index is 0.0852. The number of hydrogen-bond acceptors (Lipinski definition) is 3. The molecule has 0 spiro atoms. The average molecular weight is 496 g/mol. The maximum atomic E-state index is 14.0. The Morgan fingerprint density at radius 2 is 1.65 bits per heavy atom. The highest BCUT2D eigenvalue weighted by molar-refractivity contribution is 5.87. The van der Waals surface area contributed by atoms with Crippen LogP contribution in [-0.2, 0) is 23.1 Å². The number of para-hydroxylation sites is 1. The van der Waals surface area contributed by atoms with Crippen molar-refractivity contribution < 1.29 is 9.53 Å². The molecule has 0 saturated carbocycles. The molecule has 0 radical (unpaired) electrons. The molecule has 192 valence electrons. The lowest BCUT2D eigenvalue weighted by atomic mass is 9.86. The largest absolute Gasteiger partial charge is 0.497 e. The van der Waals surface area contributed by atoms with E-state index in [1.165, 1.54) is 22.1 Å². The van der Waals surface area contributed by atoms with Crippen LogP contribution >= 0.6 is 0 Å². The van der Waals surface area contributed by atoms with Gasteiger partial charge in [-0.15, -0.1) is 0 Å². The summed E-state index contributed by atoms with van der Waals surface area (Å²) in [5.74, 6) is 1.03. The van der Waals surface area contributed by atoms with Crippen LogP contribution in [0.15, 0.2) is 79.0 Å². The van der Waals surface area contributed by atoms with E-state index in [9.17, 15) is 4.79 Å². The van der Waals surface area contributed by atoms with Gasteiger partial charge in [0.25, 0.3) is 0 Å². The summed E-state index contributed by atoms with van der Waals surface area (Å²) in [7, 11) is 3.77. The van der Waals surface area contributed by atoms with E-state index in [0.717, 1.165) is 23.3 Å². The van der Waals surface area contributed by atoms with Crippen LogP contribution in [0.3, 0.4) is 0 Å². The summed E-state index contributed by atoms with van der Waals surface area (Å²) in [6.45, 7) is 7.34. The number of fused-ring (bicyclic) bond motifs is 1. The van der Waals surface area contributed by atoms with Crippen molar-refractivity contribution in [1.29, 1.82) is 0 Å². The highest BCUT2D eigenvalue weighted by atomic mass is 16.5. The molecule has 0 unspecified atom stereocenters. The second kappa shape index (κ2) is 10.1. The number of methoxy groups -OCH3 is 1. The molecule has 1 aliphatic heterocycles. The van der Waals surface area contributed by atoms with Gasteiger partial charge in [-0.25, -0.2) is 0 Å². The SMILES string of the molecule is COc1ccc(CCN2C(=O)[C@H](Cc3c[nH]c4ccccc34)N(C)[C@H]2c2ccc(C(C)(C)C)cc2)cc1. The molecule has 1 N–H and O–H groups in total. The van der Waals surface area contributed by atoms with Crippen molar-refractivity contribution in [2.45, 2.75) is 51.2 Å². The molecule has 1 amide bonds. The van der Waals surface area contributed by atoms with Gasteiger partial charge in [-0.2, -0.15) is 0 Å². The fourth-order valence-electron chi connectivity index (χ4n) is 5.46. The lowest BCUT2D eigenvalue weighted by molar-refractivity contribution is -0.130. The number of rotatable bonds is 7. The molecule has 1 saturated heterocycles. The first-order valence-corrected chi connectivity index (χ1v) is 13.1. The number of ether oxygens (including phenoxy) is 1. The molecule has 37 heavy (non-hydrogen) atoms.